The van der Waals surface area contributed by atoms with Gasteiger partial charge in [-0.3, -0.25) is 0 Å². The van der Waals surface area contributed by atoms with Gasteiger partial charge in [-0.2, -0.15) is 0 Å². The van der Waals surface area contributed by atoms with Gasteiger partial charge < -0.3 is 8.85 Å². The van der Waals surface area contributed by atoms with Crippen LogP contribution in [0.5, 0.6) is 0 Å². The van der Waals surface area contributed by atoms with Gasteiger partial charge in [-0.25, -0.2) is 0 Å². The van der Waals surface area contributed by atoms with E-state index in [4.69, 9.17) is 8.85 Å². The molecule has 0 heterocycles. The van der Waals surface area contributed by atoms with Crippen LogP contribution in [0.4, 0.5) is 0 Å². The van der Waals surface area contributed by atoms with Crippen LogP contribution >= 0.6 is 0 Å². The van der Waals surface area contributed by atoms with Crippen molar-refractivity contribution in [1.29, 1.82) is 0 Å². The van der Waals surface area contributed by atoms with Crippen molar-refractivity contribution >= 4 is 16.6 Å². The third kappa shape index (κ3) is 4.07. The van der Waals surface area contributed by atoms with Crippen molar-refractivity contribution in [2.45, 2.75) is 111 Å². The molecule has 4 rings (SSSR count). The highest BCUT2D eigenvalue weighted by Gasteiger charge is 2.60. The molecule has 0 bridgehead atoms. The highest BCUT2D eigenvalue weighted by atomic mass is 28.4. The zero-order chi connectivity index (χ0) is 21.2. The largest absolute Gasteiger partial charge is 0.548 e. The predicted molar refractivity (Wildman–Crippen MR) is 128 cm³/mol. The zero-order valence-corrected chi connectivity index (χ0v) is 22.4. The van der Waals surface area contributed by atoms with E-state index in [9.17, 15) is 0 Å². The van der Waals surface area contributed by atoms with E-state index in [1.54, 1.807) is 0 Å². The minimum absolute atomic E-state index is 0.432. The Kier molecular flexibility index (Phi) is 5.52. The van der Waals surface area contributed by atoms with Crippen molar-refractivity contribution in [2.75, 3.05) is 0 Å². The second-order valence-electron chi connectivity index (χ2n) is 13.3. The summed E-state index contributed by atoms with van der Waals surface area (Å²) in [7, 11) is -2.97. The van der Waals surface area contributed by atoms with E-state index in [0.717, 1.165) is 23.7 Å². The lowest BCUT2D eigenvalue weighted by Crippen LogP contribution is -2.54. The minimum atomic E-state index is -1.49. The Morgan fingerprint density at radius 1 is 0.793 bits per heavy atom. The first-order valence-corrected chi connectivity index (χ1v) is 19.2. The Hall–Kier alpha value is -0.0662. The van der Waals surface area contributed by atoms with Gasteiger partial charge in [-0.1, -0.05) is 13.8 Å². The Morgan fingerprint density at radius 3 is 2.14 bits per heavy atom. The van der Waals surface area contributed by atoms with Gasteiger partial charge >= 0.3 is 0 Å². The van der Waals surface area contributed by atoms with Crippen LogP contribution in [0.3, 0.4) is 0 Å². The fraction of sp³-hybridized carbons (Fsp3) is 0.920. The Morgan fingerprint density at radius 2 is 1.48 bits per heavy atom. The highest BCUT2D eigenvalue weighted by molar-refractivity contribution is 6.70. The van der Waals surface area contributed by atoms with Crippen LogP contribution in [0.1, 0.15) is 65.2 Å². The predicted octanol–water partition coefficient (Wildman–Crippen LogP) is 7.59. The van der Waals surface area contributed by atoms with Gasteiger partial charge in [0.2, 0.25) is 8.32 Å². The molecule has 0 aromatic rings. The quantitative estimate of drug-likeness (QED) is 0.424. The summed E-state index contributed by atoms with van der Waals surface area (Å²) in [6.45, 7) is 19.3. The topological polar surface area (TPSA) is 18.5 Å². The minimum Gasteiger partial charge on any atom is -0.548 e. The summed E-state index contributed by atoms with van der Waals surface area (Å²) in [5, 5.41) is 0. The van der Waals surface area contributed by atoms with Crippen LogP contribution in [0, 0.1) is 34.5 Å². The molecule has 0 radical (unpaired) electrons. The lowest BCUT2D eigenvalue weighted by Gasteiger charge is -2.60. The third-order valence-electron chi connectivity index (χ3n) is 9.09. The Labute approximate surface area is 182 Å². The molecule has 166 valence electrons. The normalized spacial score (nSPS) is 45.1. The second-order valence-corrected chi connectivity index (χ2v) is 22.1. The molecule has 29 heavy (non-hydrogen) atoms. The number of fused-ring (bicyclic) bond motifs is 5. The van der Waals surface area contributed by atoms with Crippen LogP contribution in [0.25, 0.3) is 0 Å². The molecule has 3 fully saturated rings. The molecule has 7 atom stereocenters. The average molecular weight is 435 g/mol. The molecule has 0 saturated heterocycles. The highest BCUT2D eigenvalue weighted by Crippen LogP contribution is 2.66. The fourth-order valence-corrected chi connectivity index (χ4v) is 10.1. The Balaban J connectivity index is 1.53. The van der Waals surface area contributed by atoms with Crippen molar-refractivity contribution in [3.63, 3.8) is 0 Å². The number of hydrogen-bond acceptors (Lipinski definition) is 2. The van der Waals surface area contributed by atoms with E-state index < -0.39 is 16.6 Å². The van der Waals surface area contributed by atoms with Crippen molar-refractivity contribution in [3.05, 3.63) is 11.8 Å². The molecule has 0 spiro atoms. The number of rotatable bonds is 4. The van der Waals surface area contributed by atoms with Gasteiger partial charge in [0.1, 0.15) is 0 Å². The van der Waals surface area contributed by atoms with Crippen LogP contribution in [0.15, 0.2) is 11.8 Å². The first-order chi connectivity index (χ1) is 13.3. The van der Waals surface area contributed by atoms with Crippen LogP contribution in [-0.4, -0.2) is 22.7 Å². The summed E-state index contributed by atoms with van der Waals surface area (Å²) >= 11 is 0. The average Bonchev–Trinajstić information content (AvgIpc) is 2.89. The summed E-state index contributed by atoms with van der Waals surface area (Å²) in [5.41, 5.74) is 0.926. The van der Waals surface area contributed by atoms with E-state index in [-0.39, 0.29) is 0 Å². The standard InChI is InChI=1S/C25H46O2Si2/c1-24-15-13-19(26-28(3,4)5)17-18(24)9-10-20-21-11-12-23(27-29(6,7)8)25(21,2)16-14-22(20)24/h17-18,20-23H,9-16H2,1-8H3/t18-,20+,21+,22+,23+,24+,25+/m1/s1. The summed E-state index contributed by atoms with van der Waals surface area (Å²) in [5.74, 6) is 4.80. The third-order valence-corrected chi connectivity index (χ3v) is 11.0. The SMILES string of the molecule is C[C@]12CCC(O[Si](C)(C)C)=C[C@H]1CC[C@@H]1[C@@H]2CC[C@]2(C)[C@@H](O[Si](C)(C)C)CC[C@@H]12. The Bertz CT molecular complexity index is 661. The van der Waals surface area contributed by atoms with Crippen LogP contribution in [-0.2, 0) is 8.85 Å². The number of allylic oxidation sites excluding steroid dienone is 2. The maximum atomic E-state index is 6.76. The van der Waals surface area contributed by atoms with E-state index in [1.165, 1.54) is 57.1 Å². The molecule has 0 N–H and O–H groups in total. The lowest BCUT2D eigenvalue weighted by atomic mass is 9.46. The molecular weight excluding hydrogens is 388 g/mol. The van der Waals surface area contributed by atoms with Gasteiger partial charge in [0.25, 0.3) is 0 Å². The van der Waals surface area contributed by atoms with Crippen molar-refractivity contribution in [3.8, 4) is 0 Å². The second kappa shape index (κ2) is 7.23. The van der Waals surface area contributed by atoms with Gasteiger partial charge in [-0.05, 0) is 125 Å². The van der Waals surface area contributed by atoms with Gasteiger partial charge in [-0.15, -0.1) is 0 Å². The monoisotopic (exact) mass is 434 g/mol. The molecule has 4 aliphatic rings. The zero-order valence-electron chi connectivity index (χ0n) is 20.4. The van der Waals surface area contributed by atoms with Crippen molar-refractivity contribution < 1.29 is 8.85 Å². The van der Waals surface area contributed by atoms with Crippen LogP contribution < -0.4 is 0 Å². The first-order valence-electron chi connectivity index (χ1n) is 12.4. The molecule has 0 aromatic heterocycles. The summed E-state index contributed by atoms with van der Waals surface area (Å²) in [6.07, 6.45) is 14.0. The van der Waals surface area contributed by atoms with Gasteiger partial charge in [0.05, 0.1) is 11.9 Å². The molecule has 4 heteroatoms. The van der Waals surface area contributed by atoms with Crippen LogP contribution in [0.2, 0.25) is 39.3 Å². The van der Waals surface area contributed by atoms with Gasteiger partial charge in [0.15, 0.2) is 8.32 Å². The van der Waals surface area contributed by atoms with E-state index >= 15 is 0 Å². The molecule has 2 nitrogen and oxygen atoms in total. The van der Waals surface area contributed by atoms with E-state index in [2.05, 4.69) is 59.2 Å². The molecule has 0 aromatic carbocycles. The number of hydrogen-bond donors (Lipinski definition) is 0. The van der Waals surface area contributed by atoms with E-state index in [1.807, 2.05) is 0 Å². The first kappa shape index (κ1) is 22.1. The van der Waals surface area contributed by atoms with Crippen molar-refractivity contribution in [1.82, 2.24) is 0 Å². The van der Waals surface area contributed by atoms with Crippen molar-refractivity contribution in [2.24, 2.45) is 34.5 Å². The molecule has 4 aliphatic carbocycles. The molecule has 0 aliphatic heterocycles. The fourth-order valence-electron chi connectivity index (χ4n) is 7.88. The lowest BCUT2D eigenvalue weighted by molar-refractivity contribution is -0.103. The maximum absolute atomic E-state index is 6.76. The summed E-state index contributed by atoms with van der Waals surface area (Å²) in [6, 6.07) is 0. The summed E-state index contributed by atoms with van der Waals surface area (Å²) < 4.78 is 13.2. The summed E-state index contributed by atoms with van der Waals surface area (Å²) in [4.78, 5) is 0. The smallest absolute Gasteiger partial charge is 0.241 e. The maximum Gasteiger partial charge on any atom is 0.241 e. The van der Waals surface area contributed by atoms with Gasteiger partial charge in [0, 0.05) is 6.42 Å². The molecule has 0 amide bonds. The molecular formula is C25H46O2Si2. The molecule has 3 saturated carbocycles. The molecule has 0 unspecified atom stereocenters. The van der Waals surface area contributed by atoms with E-state index in [0.29, 0.717) is 16.9 Å².